The van der Waals surface area contributed by atoms with Crippen molar-refractivity contribution in [2.75, 3.05) is 39.8 Å². The van der Waals surface area contributed by atoms with Crippen molar-refractivity contribution in [3.05, 3.63) is 48.4 Å². The molecule has 29 heavy (non-hydrogen) atoms. The summed E-state index contributed by atoms with van der Waals surface area (Å²) in [5, 5.41) is 6.81. The Morgan fingerprint density at radius 3 is 2.69 bits per heavy atom. The van der Waals surface area contributed by atoms with E-state index in [-0.39, 0.29) is 12.1 Å². The second-order valence-electron chi connectivity index (χ2n) is 7.46. The van der Waals surface area contributed by atoms with Crippen LogP contribution in [0.4, 0.5) is 0 Å². The smallest absolute Gasteiger partial charge is 0.191 e. The molecule has 156 valence electrons. The van der Waals surface area contributed by atoms with Crippen molar-refractivity contribution in [1.82, 2.24) is 15.5 Å². The fraction of sp³-hybridized carbons (Fsp3) is 0.500. The Morgan fingerprint density at radius 1 is 1.10 bits per heavy atom. The molecule has 0 saturated carbocycles. The molecule has 0 amide bonds. The number of furan rings is 1. The largest absolute Gasteiger partial charge is 0.486 e. The van der Waals surface area contributed by atoms with Gasteiger partial charge in [-0.2, -0.15) is 0 Å². The molecule has 2 aromatic rings. The number of guanidine groups is 1. The average molecular weight is 399 g/mol. The number of nitrogens with one attached hydrogen (secondary N) is 2. The standard InChI is InChI=1S/C22H30N4O3/c1-23-22(24-14-17-16-28-20-8-3-4-9-21(20)29-17)25-15-18(19-10-7-13-27-19)26-11-5-2-6-12-26/h3-4,7-10,13,17-18H,2,5-6,11-12,14-16H2,1H3,(H2,23,24,25). The van der Waals surface area contributed by atoms with Gasteiger partial charge in [-0.15, -0.1) is 0 Å². The Labute approximate surface area is 172 Å². The third-order valence-corrected chi connectivity index (χ3v) is 5.45. The van der Waals surface area contributed by atoms with Crippen LogP contribution in [0.25, 0.3) is 0 Å². The van der Waals surface area contributed by atoms with Crippen molar-refractivity contribution >= 4 is 5.96 Å². The fourth-order valence-corrected chi connectivity index (χ4v) is 3.91. The van der Waals surface area contributed by atoms with Crippen LogP contribution in [0.1, 0.15) is 31.1 Å². The Bertz CT molecular complexity index is 787. The van der Waals surface area contributed by atoms with Gasteiger partial charge in [0.1, 0.15) is 18.5 Å². The summed E-state index contributed by atoms with van der Waals surface area (Å²) in [6.07, 6.45) is 5.48. The first kappa shape index (κ1) is 19.6. The normalized spacial score (nSPS) is 20.9. The van der Waals surface area contributed by atoms with Crippen LogP contribution in [0, 0.1) is 0 Å². The molecule has 3 heterocycles. The molecule has 1 fully saturated rings. The monoisotopic (exact) mass is 398 g/mol. The van der Waals surface area contributed by atoms with Crippen LogP contribution in [-0.2, 0) is 0 Å². The van der Waals surface area contributed by atoms with Gasteiger partial charge in [0, 0.05) is 13.6 Å². The van der Waals surface area contributed by atoms with E-state index in [0.717, 1.165) is 42.9 Å². The van der Waals surface area contributed by atoms with Crippen LogP contribution in [0.2, 0.25) is 0 Å². The van der Waals surface area contributed by atoms with E-state index in [2.05, 4.69) is 26.6 Å². The lowest BCUT2D eigenvalue weighted by Gasteiger charge is -2.34. The maximum Gasteiger partial charge on any atom is 0.191 e. The van der Waals surface area contributed by atoms with Gasteiger partial charge in [0.2, 0.25) is 0 Å². The topological polar surface area (TPSA) is 71.3 Å². The quantitative estimate of drug-likeness (QED) is 0.576. The van der Waals surface area contributed by atoms with Crippen LogP contribution < -0.4 is 20.1 Å². The lowest BCUT2D eigenvalue weighted by Crippen LogP contribution is -2.48. The lowest BCUT2D eigenvalue weighted by molar-refractivity contribution is 0.0935. The molecular weight excluding hydrogens is 368 g/mol. The van der Waals surface area contributed by atoms with Gasteiger partial charge in [0.25, 0.3) is 0 Å². The number of para-hydroxylation sites is 2. The minimum atomic E-state index is -0.0635. The van der Waals surface area contributed by atoms with Crippen molar-refractivity contribution in [3.63, 3.8) is 0 Å². The highest BCUT2D eigenvalue weighted by molar-refractivity contribution is 5.79. The fourth-order valence-electron chi connectivity index (χ4n) is 3.91. The summed E-state index contributed by atoms with van der Waals surface area (Å²) in [6.45, 7) is 4.07. The number of ether oxygens (including phenoxy) is 2. The number of likely N-dealkylation sites (tertiary alicyclic amines) is 1. The van der Waals surface area contributed by atoms with E-state index in [4.69, 9.17) is 13.9 Å². The number of nitrogens with zero attached hydrogens (tertiary/aromatic N) is 2. The predicted octanol–water partition coefficient (Wildman–Crippen LogP) is 2.81. The van der Waals surface area contributed by atoms with Crippen LogP contribution in [0.15, 0.2) is 52.1 Å². The van der Waals surface area contributed by atoms with Crippen molar-refractivity contribution in [1.29, 1.82) is 0 Å². The predicted molar refractivity (Wildman–Crippen MR) is 113 cm³/mol. The molecular formula is C22H30N4O3. The second-order valence-corrected chi connectivity index (χ2v) is 7.46. The van der Waals surface area contributed by atoms with Crippen LogP contribution in [-0.4, -0.2) is 56.8 Å². The highest BCUT2D eigenvalue weighted by atomic mass is 16.6. The molecule has 0 radical (unpaired) electrons. The molecule has 0 spiro atoms. The lowest BCUT2D eigenvalue weighted by atomic mass is 10.1. The maximum absolute atomic E-state index is 6.01. The Hall–Kier alpha value is -2.67. The maximum atomic E-state index is 6.01. The Balaban J connectivity index is 1.30. The first-order valence-electron chi connectivity index (χ1n) is 10.4. The van der Waals surface area contributed by atoms with Gasteiger partial charge in [-0.25, -0.2) is 0 Å². The molecule has 2 atom stereocenters. The molecule has 7 heteroatoms. The molecule has 2 unspecified atom stereocenters. The van der Waals surface area contributed by atoms with Gasteiger partial charge in [0.05, 0.1) is 18.8 Å². The summed E-state index contributed by atoms with van der Waals surface area (Å²) in [4.78, 5) is 6.86. The van der Waals surface area contributed by atoms with Crippen molar-refractivity contribution < 1.29 is 13.9 Å². The molecule has 2 N–H and O–H groups in total. The van der Waals surface area contributed by atoms with Gasteiger partial charge < -0.3 is 24.5 Å². The summed E-state index contributed by atoms with van der Waals surface area (Å²) < 4.78 is 17.5. The third kappa shape index (κ3) is 5.03. The number of hydrogen-bond donors (Lipinski definition) is 2. The zero-order chi connectivity index (χ0) is 19.9. The van der Waals surface area contributed by atoms with E-state index in [1.807, 2.05) is 30.3 Å². The van der Waals surface area contributed by atoms with E-state index in [1.165, 1.54) is 19.3 Å². The third-order valence-electron chi connectivity index (χ3n) is 5.45. The highest BCUT2D eigenvalue weighted by Crippen LogP contribution is 2.30. The van der Waals surface area contributed by atoms with Gasteiger partial charge in [-0.05, 0) is 50.2 Å². The molecule has 2 aliphatic rings. The molecule has 1 aromatic carbocycles. The zero-order valence-electron chi connectivity index (χ0n) is 17.0. The number of fused-ring (bicyclic) bond motifs is 1. The zero-order valence-corrected chi connectivity index (χ0v) is 17.0. The molecule has 2 aliphatic heterocycles. The van der Waals surface area contributed by atoms with E-state index in [9.17, 15) is 0 Å². The molecule has 1 aromatic heterocycles. The molecule has 0 aliphatic carbocycles. The summed E-state index contributed by atoms with van der Waals surface area (Å²) in [6, 6.07) is 12.0. The molecule has 0 bridgehead atoms. The van der Waals surface area contributed by atoms with Crippen LogP contribution >= 0.6 is 0 Å². The first-order valence-corrected chi connectivity index (χ1v) is 10.4. The number of piperidine rings is 1. The van der Waals surface area contributed by atoms with Crippen LogP contribution in [0.5, 0.6) is 11.5 Å². The highest BCUT2D eigenvalue weighted by Gasteiger charge is 2.25. The molecule has 7 nitrogen and oxygen atoms in total. The molecule has 1 saturated heterocycles. The van der Waals surface area contributed by atoms with E-state index >= 15 is 0 Å². The second kappa shape index (κ2) is 9.69. The molecule has 4 rings (SSSR count). The Kier molecular flexibility index (Phi) is 6.56. The minimum absolute atomic E-state index is 0.0635. The SMILES string of the molecule is CN=C(NCC1COc2ccccc2O1)NCC(c1ccco1)N1CCCCC1. The van der Waals surface area contributed by atoms with Gasteiger partial charge in [-0.3, -0.25) is 9.89 Å². The summed E-state index contributed by atoms with van der Waals surface area (Å²) in [5.41, 5.74) is 0. The summed E-state index contributed by atoms with van der Waals surface area (Å²) >= 11 is 0. The number of hydrogen-bond acceptors (Lipinski definition) is 5. The van der Waals surface area contributed by atoms with Crippen molar-refractivity contribution in [2.24, 2.45) is 4.99 Å². The van der Waals surface area contributed by atoms with E-state index in [0.29, 0.717) is 13.2 Å². The number of rotatable bonds is 6. The summed E-state index contributed by atoms with van der Waals surface area (Å²) in [7, 11) is 1.78. The van der Waals surface area contributed by atoms with Gasteiger partial charge >= 0.3 is 0 Å². The average Bonchev–Trinajstić information content (AvgIpc) is 3.31. The van der Waals surface area contributed by atoms with Crippen molar-refractivity contribution in [3.8, 4) is 11.5 Å². The van der Waals surface area contributed by atoms with Gasteiger partial charge in [-0.1, -0.05) is 18.6 Å². The van der Waals surface area contributed by atoms with E-state index < -0.39 is 0 Å². The minimum Gasteiger partial charge on any atom is -0.486 e. The van der Waals surface area contributed by atoms with E-state index in [1.54, 1.807) is 13.3 Å². The number of aliphatic imine (C=N–C) groups is 1. The van der Waals surface area contributed by atoms with Crippen molar-refractivity contribution in [2.45, 2.75) is 31.4 Å². The Morgan fingerprint density at radius 2 is 1.93 bits per heavy atom. The number of benzene rings is 1. The van der Waals surface area contributed by atoms with Crippen LogP contribution in [0.3, 0.4) is 0 Å². The summed E-state index contributed by atoms with van der Waals surface area (Å²) in [5.74, 6) is 3.34. The van der Waals surface area contributed by atoms with Gasteiger partial charge in [0.15, 0.2) is 17.5 Å². The first-order chi connectivity index (χ1) is 14.3.